The van der Waals surface area contributed by atoms with Crippen LogP contribution in [0.4, 0.5) is 0 Å². The molecule has 1 fully saturated rings. The molecule has 0 radical (unpaired) electrons. The van der Waals surface area contributed by atoms with E-state index >= 15 is 0 Å². The highest BCUT2D eigenvalue weighted by molar-refractivity contribution is 6.01. The van der Waals surface area contributed by atoms with Gasteiger partial charge in [-0.15, -0.1) is 0 Å². The maximum absolute atomic E-state index is 12.4. The molecule has 4 heteroatoms. The lowest BCUT2D eigenvalue weighted by molar-refractivity contribution is 0.0635. The second-order valence-corrected chi connectivity index (χ2v) is 4.74. The summed E-state index contributed by atoms with van der Waals surface area (Å²) in [6.45, 7) is 0.662. The third-order valence-corrected chi connectivity index (χ3v) is 3.82. The second-order valence-electron chi connectivity index (χ2n) is 4.74. The summed E-state index contributed by atoms with van der Waals surface area (Å²) in [5.74, 6) is 1.50. The predicted molar refractivity (Wildman–Crippen MR) is 62.2 cm³/mol. The number of carbonyl (C=O) groups is 1. The number of nitrogens with two attached hydrogens (primary N) is 1. The van der Waals surface area contributed by atoms with Crippen LogP contribution in [0, 0.1) is 5.41 Å². The molecule has 0 unspecified atom stereocenters. The molecule has 3 rings (SSSR count). The average molecular weight is 233 g/mol. The summed E-state index contributed by atoms with van der Waals surface area (Å²) in [6, 6.07) is 5.35. The molecule has 1 saturated carbocycles. The third-order valence-electron chi connectivity index (χ3n) is 3.82. The minimum Gasteiger partial charge on any atom is -0.454 e. The van der Waals surface area contributed by atoms with Crippen LogP contribution >= 0.6 is 0 Å². The van der Waals surface area contributed by atoms with E-state index in [1.54, 1.807) is 18.2 Å². The predicted octanol–water partition coefficient (Wildman–Crippen LogP) is 1.73. The molecule has 17 heavy (non-hydrogen) atoms. The van der Waals surface area contributed by atoms with Crippen molar-refractivity contribution in [1.82, 2.24) is 0 Å². The molecule has 0 spiro atoms. The van der Waals surface area contributed by atoms with Crippen LogP contribution in [0.1, 0.15) is 29.6 Å². The molecule has 4 nitrogen and oxygen atoms in total. The molecule has 0 amide bonds. The lowest BCUT2D eigenvalue weighted by Gasteiger charge is -2.39. The van der Waals surface area contributed by atoms with Gasteiger partial charge >= 0.3 is 0 Å². The van der Waals surface area contributed by atoms with Crippen LogP contribution in [0.15, 0.2) is 18.2 Å². The van der Waals surface area contributed by atoms with E-state index in [2.05, 4.69) is 0 Å². The Balaban J connectivity index is 1.91. The van der Waals surface area contributed by atoms with Crippen LogP contribution in [-0.2, 0) is 0 Å². The van der Waals surface area contributed by atoms with E-state index in [-0.39, 0.29) is 18.0 Å². The zero-order valence-electron chi connectivity index (χ0n) is 9.57. The summed E-state index contributed by atoms with van der Waals surface area (Å²) in [6.07, 6.45) is 2.89. The van der Waals surface area contributed by atoms with Gasteiger partial charge in [0.15, 0.2) is 17.3 Å². The number of benzene rings is 1. The number of ether oxygens (including phenoxy) is 2. The van der Waals surface area contributed by atoms with Crippen LogP contribution in [0.2, 0.25) is 0 Å². The fourth-order valence-corrected chi connectivity index (χ4v) is 2.47. The average Bonchev–Trinajstić information content (AvgIpc) is 2.74. The Labute approximate surface area is 99.7 Å². The Morgan fingerprint density at radius 1 is 1.29 bits per heavy atom. The van der Waals surface area contributed by atoms with E-state index < -0.39 is 0 Å². The van der Waals surface area contributed by atoms with Gasteiger partial charge in [-0.2, -0.15) is 0 Å². The summed E-state index contributed by atoms with van der Waals surface area (Å²) in [5.41, 5.74) is 6.10. The number of hydrogen-bond donors (Lipinski definition) is 1. The molecule has 0 bridgehead atoms. The molecule has 1 aromatic carbocycles. The minimum atomic E-state index is -0.326. The monoisotopic (exact) mass is 233 g/mol. The van der Waals surface area contributed by atoms with Gasteiger partial charge in [0.05, 0.1) is 0 Å². The molecule has 2 N–H and O–H groups in total. The number of fused-ring (bicyclic) bond motifs is 1. The van der Waals surface area contributed by atoms with Crippen molar-refractivity contribution in [2.75, 3.05) is 13.3 Å². The van der Waals surface area contributed by atoms with Gasteiger partial charge in [-0.1, -0.05) is 6.42 Å². The Morgan fingerprint density at radius 3 is 2.71 bits per heavy atom. The van der Waals surface area contributed by atoms with Crippen molar-refractivity contribution in [1.29, 1.82) is 0 Å². The summed E-state index contributed by atoms with van der Waals surface area (Å²) < 4.78 is 10.5. The van der Waals surface area contributed by atoms with Crippen molar-refractivity contribution in [2.24, 2.45) is 11.1 Å². The third kappa shape index (κ3) is 1.52. The van der Waals surface area contributed by atoms with Gasteiger partial charge in [0.25, 0.3) is 0 Å². The summed E-state index contributed by atoms with van der Waals surface area (Å²) in [7, 11) is 0. The Bertz CT molecular complexity index is 460. The van der Waals surface area contributed by atoms with Crippen LogP contribution in [0.25, 0.3) is 0 Å². The molecule has 1 aliphatic carbocycles. The first-order valence-corrected chi connectivity index (χ1v) is 5.90. The smallest absolute Gasteiger partial charge is 0.231 e. The van der Waals surface area contributed by atoms with E-state index in [4.69, 9.17) is 15.2 Å². The Hall–Kier alpha value is -1.55. The SMILES string of the molecule is NCC1(C(=O)c2ccc3c(c2)OCO3)CCC1. The molecule has 0 atom stereocenters. The van der Waals surface area contributed by atoms with Crippen molar-refractivity contribution in [3.05, 3.63) is 23.8 Å². The lowest BCUT2D eigenvalue weighted by Crippen LogP contribution is -2.44. The second kappa shape index (κ2) is 3.74. The van der Waals surface area contributed by atoms with Gasteiger partial charge in [-0.25, -0.2) is 0 Å². The zero-order valence-corrected chi connectivity index (χ0v) is 9.57. The summed E-state index contributed by atoms with van der Waals surface area (Å²) in [4.78, 5) is 12.4. The van der Waals surface area contributed by atoms with Crippen LogP contribution < -0.4 is 15.2 Å². The van der Waals surface area contributed by atoms with E-state index in [9.17, 15) is 4.79 Å². The first-order chi connectivity index (χ1) is 8.25. The van der Waals surface area contributed by atoms with E-state index in [0.29, 0.717) is 23.6 Å². The first-order valence-electron chi connectivity index (χ1n) is 5.90. The fraction of sp³-hybridized carbons (Fsp3) is 0.462. The standard InChI is InChI=1S/C13H15NO3/c14-7-13(4-1-5-13)12(15)9-2-3-10-11(6-9)17-8-16-10/h2-3,6H,1,4-5,7-8,14H2. The number of ketones is 1. The maximum atomic E-state index is 12.4. The van der Waals surface area contributed by atoms with Crippen LogP contribution in [0.5, 0.6) is 11.5 Å². The highest BCUT2D eigenvalue weighted by atomic mass is 16.7. The molecule has 1 heterocycles. The number of hydrogen-bond acceptors (Lipinski definition) is 4. The summed E-state index contributed by atoms with van der Waals surface area (Å²) >= 11 is 0. The van der Waals surface area contributed by atoms with Gasteiger partial charge in [-0.05, 0) is 31.0 Å². The van der Waals surface area contributed by atoms with Crippen molar-refractivity contribution in [3.8, 4) is 11.5 Å². The van der Waals surface area contributed by atoms with Crippen molar-refractivity contribution < 1.29 is 14.3 Å². The van der Waals surface area contributed by atoms with Gasteiger partial charge < -0.3 is 15.2 Å². The number of carbonyl (C=O) groups excluding carboxylic acids is 1. The Kier molecular flexibility index (Phi) is 2.33. The molecule has 1 aliphatic heterocycles. The topological polar surface area (TPSA) is 61.6 Å². The molecule has 0 aromatic heterocycles. The first kappa shape index (κ1) is 10.6. The molecular formula is C13H15NO3. The van der Waals surface area contributed by atoms with Crippen molar-refractivity contribution >= 4 is 5.78 Å². The molecule has 2 aliphatic rings. The largest absolute Gasteiger partial charge is 0.454 e. The normalized spacial score (nSPS) is 19.8. The van der Waals surface area contributed by atoms with E-state index in [1.165, 1.54) is 0 Å². The lowest BCUT2D eigenvalue weighted by atomic mass is 9.64. The van der Waals surface area contributed by atoms with E-state index in [0.717, 1.165) is 19.3 Å². The van der Waals surface area contributed by atoms with Gasteiger partial charge in [0.2, 0.25) is 6.79 Å². The molecule has 90 valence electrons. The number of rotatable bonds is 3. The summed E-state index contributed by atoms with van der Waals surface area (Å²) in [5, 5.41) is 0. The van der Waals surface area contributed by atoms with Gasteiger partial charge in [0, 0.05) is 17.5 Å². The van der Waals surface area contributed by atoms with Gasteiger partial charge in [-0.3, -0.25) is 4.79 Å². The zero-order chi connectivity index (χ0) is 11.9. The molecule has 0 saturated heterocycles. The van der Waals surface area contributed by atoms with Crippen LogP contribution in [0.3, 0.4) is 0 Å². The molecule has 1 aromatic rings. The fourth-order valence-electron chi connectivity index (χ4n) is 2.47. The van der Waals surface area contributed by atoms with Crippen molar-refractivity contribution in [2.45, 2.75) is 19.3 Å². The van der Waals surface area contributed by atoms with Crippen LogP contribution in [-0.4, -0.2) is 19.1 Å². The van der Waals surface area contributed by atoms with E-state index in [1.807, 2.05) is 0 Å². The highest BCUT2D eigenvalue weighted by Crippen LogP contribution is 2.43. The quantitative estimate of drug-likeness (QED) is 0.807. The van der Waals surface area contributed by atoms with Crippen molar-refractivity contribution in [3.63, 3.8) is 0 Å². The number of Topliss-reactive ketones (excluding diaryl/α,β-unsaturated/α-hetero) is 1. The minimum absolute atomic E-state index is 0.143. The highest BCUT2D eigenvalue weighted by Gasteiger charge is 2.43. The maximum Gasteiger partial charge on any atom is 0.231 e. The van der Waals surface area contributed by atoms with Gasteiger partial charge in [0.1, 0.15) is 0 Å². The Morgan fingerprint density at radius 2 is 2.06 bits per heavy atom. The molecular weight excluding hydrogens is 218 g/mol.